The van der Waals surface area contributed by atoms with Crippen LogP contribution >= 0.6 is 11.6 Å². The number of phenolic OH excluding ortho intramolecular Hbond substituents is 1. The molecule has 0 spiro atoms. The lowest BCUT2D eigenvalue weighted by Gasteiger charge is -2.37. The molecule has 0 unspecified atom stereocenters. The molecule has 0 radical (unpaired) electrons. The Morgan fingerprint density at radius 2 is 2.03 bits per heavy atom. The third-order valence-electron chi connectivity index (χ3n) is 6.57. The fourth-order valence-electron chi connectivity index (χ4n) is 4.95. The number of anilines is 1. The molecule has 5 rings (SSSR count). The summed E-state index contributed by atoms with van der Waals surface area (Å²) in [5.74, 6) is 0.661. The van der Waals surface area contributed by atoms with E-state index in [-0.39, 0.29) is 30.1 Å². The van der Waals surface area contributed by atoms with Crippen molar-refractivity contribution in [2.75, 3.05) is 31.1 Å². The molecule has 1 atom stereocenters. The molecule has 2 heterocycles. The van der Waals surface area contributed by atoms with Crippen LogP contribution < -0.4 is 9.64 Å². The standard InChI is InChI=1S/C27H25ClN2O4/c1-2-26(32)29-9-5-6-17(14-29)15-30-24-13-23(28)22(12-25(24)34-16-27(30)33)21-11-19(31)10-18-7-3-4-8-20(18)21/h2-4,7-8,10-13,17,31H,1,5-6,9,14-16H2/t17-/m1/s1. The van der Waals surface area contributed by atoms with Crippen LogP contribution in [0.1, 0.15) is 12.8 Å². The average molecular weight is 477 g/mol. The van der Waals surface area contributed by atoms with Gasteiger partial charge in [0.05, 0.1) is 10.7 Å². The zero-order valence-electron chi connectivity index (χ0n) is 18.7. The molecule has 1 saturated heterocycles. The topological polar surface area (TPSA) is 70.1 Å². The maximum absolute atomic E-state index is 12.8. The Morgan fingerprint density at radius 3 is 2.85 bits per heavy atom. The van der Waals surface area contributed by atoms with Gasteiger partial charge in [0.2, 0.25) is 5.91 Å². The number of phenols is 1. The van der Waals surface area contributed by atoms with E-state index < -0.39 is 0 Å². The molecule has 2 amide bonds. The normalized spacial score (nSPS) is 17.9. The summed E-state index contributed by atoms with van der Waals surface area (Å²) in [5, 5.41) is 12.6. The van der Waals surface area contributed by atoms with E-state index in [0.29, 0.717) is 36.1 Å². The van der Waals surface area contributed by atoms with Gasteiger partial charge in [-0.25, -0.2) is 0 Å². The van der Waals surface area contributed by atoms with Gasteiger partial charge in [-0.2, -0.15) is 0 Å². The minimum Gasteiger partial charge on any atom is -0.508 e. The van der Waals surface area contributed by atoms with Crippen LogP contribution in [0.4, 0.5) is 5.69 Å². The summed E-state index contributed by atoms with van der Waals surface area (Å²) in [4.78, 5) is 28.4. The Hall–Kier alpha value is -3.51. The first-order valence-corrected chi connectivity index (χ1v) is 11.7. The SMILES string of the molecule is C=CC(=O)N1CCC[C@@H](CN2C(=O)COc3cc(-c4cc(O)cc5ccccc45)c(Cl)cc32)C1. The van der Waals surface area contributed by atoms with Crippen LogP contribution in [0, 0.1) is 5.92 Å². The number of nitrogens with zero attached hydrogens (tertiary/aromatic N) is 2. The van der Waals surface area contributed by atoms with Crippen molar-refractivity contribution < 1.29 is 19.4 Å². The smallest absolute Gasteiger partial charge is 0.265 e. The molecule has 0 aromatic heterocycles. The molecule has 3 aromatic rings. The Morgan fingerprint density at radius 1 is 1.21 bits per heavy atom. The van der Waals surface area contributed by atoms with Crippen LogP contribution in [0.25, 0.3) is 21.9 Å². The number of fused-ring (bicyclic) bond motifs is 2. The van der Waals surface area contributed by atoms with Gasteiger partial charge in [0, 0.05) is 25.2 Å². The van der Waals surface area contributed by atoms with Crippen molar-refractivity contribution >= 4 is 39.9 Å². The second-order valence-electron chi connectivity index (χ2n) is 8.80. The number of amides is 2. The predicted octanol–water partition coefficient (Wildman–Crippen LogP) is 5.02. The highest BCUT2D eigenvalue weighted by atomic mass is 35.5. The number of halogens is 1. The number of hydrogen-bond acceptors (Lipinski definition) is 4. The molecule has 2 aliphatic heterocycles. The number of hydrogen-bond donors (Lipinski definition) is 1. The van der Waals surface area contributed by atoms with Crippen LogP contribution in [0.15, 0.2) is 61.2 Å². The maximum atomic E-state index is 12.8. The van der Waals surface area contributed by atoms with Crippen molar-refractivity contribution in [3.8, 4) is 22.6 Å². The van der Waals surface area contributed by atoms with E-state index >= 15 is 0 Å². The van der Waals surface area contributed by atoms with Gasteiger partial charge in [-0.05, 0) is 65.4 Å². The van der Waals surface area contributed by atoms with Crippen molar-refractivity contribution in [3.63, 3.8) is 0 Å². The van der Waals surface area contributed by atoms with Crippen molar-refractivity contribution in [1.82, 2.24) is 4.90 Å². The van der Waals surface area contributed by atoms with Gasteiger partial charge < -0.3 is 19.6 Å². The zero-order chi connectivity index (χ0) is 23.8. The van der Waals surface area contributed by atoms with Crippen LogP contribution in [0.2, 0.25) is 5.02 Å². The molecule has 1 N–H and O–H groups in total. The van der Waals surface area contributed by atoms with Crippen LogP contribution in [-0.2, 0) is 9.59 Å². The Labute approximate surface area is 203 Å². The number of carbonyl (C=O) groups excluding carboxylic acids is 2. The first kappa shape index (κ1) is 22.3. The molecule has 3 aromatic carbocycles. The van der Waals surface area contributed by atoms with Crippen LogP contribution in [0.3, 0.4) is 0 Å². The summed E-state index contributed by atoms with van der Waals surface area (Å²) in [6, 6.07) is 14.8. The minimum atomic E-state index is -0.133. The molecule has 174 valence electrons. The number of likely N-dealkylation sites (tertiary alicyclic amines) is 1. The Balaban J connectivity index is 1.49. The molecule has 6 nitrogen and oxygen atoms in total. The summed E-state index contributed by atoms with van der Waals surface area (Å²) in [6.07, 6.45) is 3.16. The van der Waals surface area contributed by atoms with Gasteiger partial charge in [-0.1, -0.05) is 42.4 Å². The number of aromatic hydroxyl groups is 1. The predicted molar refractivity (Wildman–Crippen MR) is 133 cm³/mol. The monoisotopic (exact) mass is 476 g/mol. The number of ether oxygens (including phenoxy) is 1. The van der Waals surface area contributed by atoms with Gasteiger partial charge in [-0.3, -0.25) is 9.59 Å². The largest absolute Gasteiger partial charge is 0.508 e. The van der Waals surface area contributed by atoms with Crippen LogP contribution in [-0.4, -0.2) is 48.1 Å². The van der Waals surface area contributed by atoms with Crippen molar-refractivity contribution in [1.29, 1.82) is 0 Å². The zero-order valence-corrected chi connectivity index (χ0v) is 19.4. The molecule has 2 aliphatic rings. The third kappa shape index (κ3) is 4.10. The lowest BCUT2D eigenvalue weighted by atomic mass is 9.95. The van der Waals surface area contributed by atoms with E-state index in [9.17, 15) is 14.7 Å². The number of carbonyl (C=O) groups is 2. The lowest BCUT2D eigenvalue weighted by Crippen LogP contribution is -2.47. The Kier molecular flexibility index (Phi) is 5.92. The lowest BCUT2D eigenvalue weighted by molar-refractivity contribution is -0.127. The Bertz CT molecular complexity index is 1310. The molecule has 0 aliphatic carbocycles. The van der Waals surface area contributed by atoms with Crippen LogP contribution in [0.5, 0.6) is 11.5 Å². The molecule has 0 saturated carbocycles. The molecule has 34 heavy (non-hydrogen) atoms. The summed E-state index contributed by atoms with van der Waals surface area (Å²) in [5.41, 5.74) is 2.14. The van der Waals surface area contributed by atoms with Crippen molar-refractivity contribution in [2.45, 2.75) is 12.8 Å². The second-order valence-corrected chi connectivity index (χ2v) is 9.21. The summed E-state index contributed by atoms with van der Waals surface area (Å²) in [6.45, 7) is 5.31. The van der Waals surface area contributed by atoms with E-state index in [4.69, 9.17) is 16.3 Å². The fourth-order valence-corrected chi connectivity index (χ4v) is 5.21. The van der Waals surface area contributed by atoms with Gasteiger partial charge in [0.15, 0.2) is 6.61 Å². The second kappa shape index (κ2) is 9.03. The highest BCUT2D eigenvalue weighted by Gasteiger charge is 2.31. The van der Waals surface area contributed by atoms with Gasteiger partial charge in [-0.15, -0.1) is 0 Å². The van der Waals surface area contributed by atoms with Crippen molar-refractivity contribution in [3.05, 3.63) is 66.2 Å². The van der Waals surface area contributed by atoms with Crippen molar-refractivity contribution in [2.24, 2.45) is 5.92 Å². The van der Waals surface area contributed by atoms with Gasteiger partial charge in [0.25, 0.3) is 5.91 Å². The van der Waals surface area contributed by atoms with E-state index in [2.05, 4.69) is 6.58 Å². The summed E-state index contributed by atoms with van der Waals surface area (Å²) >= 11 is 6.75. The number of benzene rings is 3. The van der Waals surface area contributed by atoms with E-state index in [0.717, 1.165) is 34.7 Å². The minimum absolute atomic E-state index is 0.0586. The van der Waals surface area contributed by atoms with E-state index in [1.807, 2.05) is 30.3 Å². The summed E-state index contributed by atoms with van der Waals surface area (Å²) < 4.78 is 5.80. The summed E-state index contributed by atoms with van der Waals surface area (Å²) in [7, 11) is 0. The molecular formula is C27H25ClN2O4. The average Bonchev–Trinajstić information content (AvgIpc) is 2.85. The molecule has 0 bridgehead atoms. The maximum Gasteiger partial charge on any atom is 0.265 e. The first-order valence-electron chi connectivity index (χ1n) is 11.3. The highest BCUT2D eigenvalue weighted by Crippen LogP contribution is 2.44. The molecule has 1 fully saturated rings. The van der Waals surface area contributed by atoms with E-state index in [1.165, 1.54) is 6.08 Å². The quantitative estimate of drug-likeness (QED) is 0.537. The third-order valence-corrected chi connectivity index (χ3v) is 6.89. The van der Waals surface area contributed by atoms with Gasteiger partial charge in [0.1, 0.15) is 11.5 Å². The number of rotatable bonds is 4. The van der Waals surface area contributed by atoms with E-state index in [1.54, 1.807) is 28.0 Å². The van der Waals surface area contributed by atoms with Gasteiger partial charge >= 0.3 is 0 Å². The number of piperidine rings is 1. The first-order chi connectivity index (χ1) is 16.4. The fraction of sp³-hybridized carbons (Fsp3) is 0.259. The highest BCUT2D eigenvalue weighted by molar-refractivity contribution is 6.34. The molecular weight excluding hydrogens is 452 g/mol. The molecule has 7 heteroatoms.